The fraction of sp³-hybridized carbons (Fsp3) is 0.190. The summed E-state index contributed by atoms with van der Waals surface area (Å²) in [5.74, 6) is 0. The van der Waals surface area contributed by atoms with Crippen LogP contribution in [0.2, 0.25) is 0 Å². The van der Waals surface area contributed by atoms with E-state index in [9.17, 15) is 0 Å². The molecule has 1 heterocycles. The Balaban J connectivity index is 1.76. The molecule has 2 nitrogen and oxygen atoms in total. The monoisotopic (exact) mass is 488 g/mol. The van der Waals surface area contributed by atoms with Crippen LogP contribution in [-0.4, -0.2) is 5.17 Å². The van der Waals surface area contributed by atoms with Crippen molar-refractivity contribution in [3.8, 4) is 0 Å². The number of aliphatic imine (C=N–C) groups is 1. The largest absolute Gasteiger partial charge is 0.378 e. The molecule has 4 rings (SSSR count). The predicted octanol–water partition coefficient (Wildman–Crippen LogP) is 6.84. The van der Waals surface area contributed by atoms with Gasteiger partial charge in [-0.25, -0.2) is 4.99 Å². The number of rotatable bonds is 2. The molecule has 5 heteroatoms. The van der Waals surface area contributed by atoms with E-state index in [2.05, 4.69) is 86.5 Å². The van der Waals surface area contributed by atoms with Gasteiger partial charge in [-0.05, 0) is 71.9 Å². The first-order chi connectivity index (χ1) is 12.6. The third-order valence-electron chi connectivity index (χ3n) is 4.66. The van der Waals surface area contributed by atoms with E-state index < -0.39 is 0 Å². The van der Waals surface area contributed by atoms with Crippen molar-refractivity contribution >= 4 is 54.9 Å². The van der Waals surface area contributed by atoms with E-state index in [4.69, 9.17) is 10.7 Å². The number of allylic oxidation sites excluding steroid dienone is 1. The van der Waals surface area contributed by atoms with Crippen LogP contribution in [0, 0.1) is 0 Å². The third-order valence-corrected chi connectivity index (χ3v) is 6.84. The molecule has 2 aliphatic rings. The normalized spacial score (nSPS) is 21.5. The fourth-order valence-electron chi connectivity index (χ4n) is 3.45. The van der Waals surface area contributed by atoms with Crippen molar-refractivity contribution in [1.29, 1.82) is 0 Å². The second-order valence-electron chi connectivity index (χ2n) is 6.45. The molecule has 132 valence electrons. The van der Waals surface area contributed by atoms with Crippen molar-refractivity contribution in [2.45, 2.75) is 24.5 Å². The van der Waals surface area contributed by atoms with Gasteiger partial charge in [0.1, 0.15) is 0 Å². The quantitative estimate of drug-likeness (QED) is 0.501. The highest BCUT2D eigenvalue weighted by Crippen LogP contribution is 2.48. The highest BCUT2D eigenvalue weighted by Gasteiger charge is 2.30. The molecule has 2 N–H and O–H groups in total. The summed E-state index contributed by atoms with van der Waals surface area (Å²) in [4.78, 5) is 4.74. The molecule has 1 aliphatic carbocycles. The number of halogens is 2. The lowest BCUT2D eigenvalue weighted by molar-refractivity contribution is 0.736. The van der Waals surface area contributed by atoms with E-state index in [1.807, 2.05) is 0 Å². The summed E-state index contributed by atoms with van der Waals surface area (Å²) in [6.45, 7) is 0. The predicted molar refractivity (Wildman–Crippen MR) is 119 cm³/mol. The van der Waals surface area contributed by atoms with Gasteiger partial charge in [0.2, 0.25) is 0 Å². The lowest BCUT2D eigenvalue weighted by Crippen LogP contribution is -2.19. The van der Waals surface area contributed by atoms with E-state index >= 15 is 0 Å². The van der Waals surface area contributed by atoms with Gasteiger partial charge in [-0.3, -0.25) is 0 Å². The van der Waals surface area contributed by atoms with Crippen LogP contribution in [0.1, 0.15) is 35.6 Å². The lowest BCUT2D eigenvalue weighted by Gasteiger charge is -2.30. The zero-order valence-corrected chi connectivity index (χ0v) is 18.1. The highest BCUT2D eigenvalue weighted by molar-refractivity contribution is 9.10. The molecule has 0 saturated heterocycles. The van der Waals surface area contributed by atoms with Gasteiger partial charge in [0.15, 0.2) is 5.17 Å². The molecule has 1 atom stereocenters. The van der Waals surface area contributed by atoms with Crippen LogP contribution in [0.3, 0.4) is 0 Å². The first-order valence-corrected chi connectivity index (χ1v) is 11.0. The van der Waals surface area contributed by atoms with E-state index in [-0.39, 0.29) is 5.25 Å². The summed E-state index contributed by atoms with van der Waals surface area (Å²) in [7, 11) is 0. The number of hydrogen-bond acceptors (Lipinski definition) is 3. The molecule has 0 fully saturated rings. The first kappa shape index (κ1) is 18.1. The summed E-state index contributed by atoms with van der Waals surface area (Å²) in [6, 6.07) is 17.0. The fourth-order valence-corrected chi connectivity index (χ4v) is 5.03. The molecular weight excluding hydrogens is 472 g/mol. The van der Waals surface area contributed by atoms with Crippen LogP contribution >= 0.6 is 43.6 Å². The minimum atomic E-state index is 0.254. The van der Waals surface area contributed by atoms with Crippen molar-refractivity contribution in [2.24, 2.45) is 10.7 Å². The minimum Gasteiger partial charge on any atom is -0.378 e. The molecule has 0 spiro atoms. The molecule has 0 saturated carbocycles. The topological polar surface area (TPSA) is 38.4 Å². The molecule has 0 bridgehead atoms. The maximum absolute atomic E-state index is 6.21. The van der Waals surface area contributed by atoms with Gasteiger partial charge < -0.3 is 5.73 Å². The zero-order chi connectivity index (χ0) is 18.1. The second kappa shape index (κ2) is 7.75. The maximum Gasteiger partial charge on any atom is 0.160 e. The highest BCUT2D eigenvalue weighted by atomic mass is 79.9. The maximum atomic E-state index is 6.21. The number of amidine groups is 1. The SMILES string of the molecule is NC1=NC2=C(CCC/C2=C\c2ccc(Br)cc2)C(c2ccc(Br)cc2)S1. The Morgan fingerprint density at radius 2 is 1.62 bits per heavy atom. The number of nitrogens with zero attached hydrogens (tertiary/aromatic N) is 1. The number of benzene rings is 2. The van der Waals surface area contributed by atoms with Crippen LogP contribution in [0.25, 0.3) is 6.08 Å². The Labute approximate surface area is 174 Å². The Bertz CT molecular complexity index is 912. The molecule has 0 amide bonds. The molecule has 2 aromatic carbocycles. The van der Waals surface area contributed by atoms with Crippen LogP contribution in [0.15, 0.2) is 79.3 Å². The van der Waals surface area contributed by atoms with Gasteiger partial charge in [-0.15, -0.1) is 0 Å². The van der Waals surface area contributed by atoms with E-state index in [1.165, 1.54) is 22.3 Å². The zero-order valence-electron chi connectivity index (χ0n) is 14.1. The molecular formula is C21H18Br2N2S. The Kier molecular flexibility index (Phi) is 5.39. The van der Waals surface area contributed by atoms with Crippen molar-refractivity contribution in [3.63, 3.8) is 0 Å². The number of hydrogen-bond donors (Lipinski definition) is 1. The van der Waals surface area contributed by atoms with Crippen LogP contribution in [0.5, 0.6) is 0 Å². The summed E-state index contributed by atoms with van der Waals surface area (Å²) >= 11 is 8.68. The minimum absolute atomic E-state index is 0.254. The van der Waals surface area contributed by atoms with Gasteiger partial charge in [0.25, 0.3) is 0 Å². The molecule has 26 heavy (non-hydrogen) atoms. The Morgan fingerprint density at radius 1 is 0.962 bits per heavy atom. The average molecular weight is 490 g/mol. The van der Waals surface area contributed by atoms with Crippen molar-refractivity contribution < 1.29 is 0 Å². The van der Waals surface area contributed by atoms with Gasteiger partial charge in [0.05, 0.1) is 10.9 Å². The lowest BCUT2D eigenvalue weighted by atomic mass is 9.87. The third kappa shape index (κ3) is 3.85. The molecule has 1 aliphatic heterocycles. The van der Waals surface area contributed by atoms with Gasteiger partial charge in [-0.2, -0.15) is 0 Å². The Morgan fingerprint density at radius 3 is 2.31 bits per heavy atom. The van der Waals surface area contributed by atoms with Crippen LogP contribution in [0.4, 0.5) is 0 Å². The van der Waals surface area contributed by atoms with Crippen molar-refractivity contribution in [1.82, 2.24) is 0 Å². The van der Waals surface area contributed by atoms with E-state index in [0.717, 1.165) is 33.9 Å². The molecule has 0 radical (unpaired) electrons. The first-order valence-electron chi connectivity index (χ1n) is 8.56. The van der Waals surface area contributed by atoms with Gasteiger partial charge >= 0.3 is 0 Å². The molecule has 1 unspecified atom stereocenters. The summed E-state index contributed by atoms with van der Waals surface area (Å²) in [5.41, 5.74) is 12.5. The molecule has 0 aromatic heterocycles. The smallest absolute Gasteiger partial charge is 0.160 e. The van der Waals surface area contributed by atoms with Crippen molar-refractivity contribution in [3.05, 3.63) is 85.4 Å². The van der Waals surface area contributed by atoms with Gasteiger partial charge in [0, 0.05) is 8.95 Å². The van der Waals surface area contributed by atoms with Crippen LogP contribution in [-0.2, 0) is 0 Å². The summed E-state index contributed by atoms with van der Waals surface area (Å²) in [5, 5.41) is 0.907. The van der Waals surface area contributed by atoms with Crippen molar-refractivity contribution in [2.75, 3.05) is 0 Å². The molecule has 2 aromatic rings. The van der Waals surface area contributed by atoms with E-state index in [0.29, 0.717) is 5.17 Å². The number of thioether (sulfide) groups is 1. The van der Waals surface area contributed by atoms with Crippen LogP contribution < -0.4 is 5.73 Å². The standard InChI is InChI=1S/C21H18Br2N2S/c22-16-8-4-13(5-9-16)12-15-2-1-3-18-19(15)25-21(24)26-20(18)14-6-10-17(23)11-7-14/h4-12,20H,1-3H2,(H2,24,25)/b15-12+. The van der Waals surface area contributed by atoms with Gasteiger partial charge in [-0.1, -0.05) is 67.9 Å². The summed E-state index contributed by atoms with van der Waals surface area (Å²) in [6.07, 6.45) is 5.54. The average Bonchev–Trinajstić information content (AvgIpc) is 2.64. The second-order valence-corrected chi connectivity index (χ2v) is 9.40. The summed E-state index contributed by atoms with van der Waals surface area (Å²) < 4.78 is 2.19. The number of nitrogens with two attached hydrogens (primary N) is 1. The Hall–Kier alpha value is -1.30. The van der Waals surface area contributed by atoms with E-state index in [1.54, 1.807) is 11.8 Å².